The molecular formula is C22H19NO2. The Kier molecular flexibility index (Phi) is 3.98. The molecule has 0 saturated heterocycles. The van der Waals surface area contributed by atoms with E-state index in [0.29, 0.717) is 13.0 Å². The Morgan fingerprint density at radius 2 is 1.76 bits per heavy atom. The molecule has 0 aliphatic carbocycles. The highest BCUT2D eigenvalue weighted by Gasteiger charge is 2.13. The maximum atomic E-state index is 12.4. The van der Waals surface area contributed by atoms with E-state index >= 15 is 0 Å². The molecule has 4 aromatic rings. The van der Waals surface area contributed by atoms with E-state index in [1.54, 1.807) is 6.26 Å². The number of amides is 1. The van der Waals surface area contributed by atoms with Crippen LogP contribution < -0.4 is 5.32 Å². The molecule has 124 valence electrons. The summed E-state index contributed by atoms with van der Waals surface area (Å²) in [5.74, 6) is -0.00103. The molecular weight excluding hydrogens is 310 g/mol. The molecule has 3 aromatic carbocycles. The highest BCUT2D eigenvalue weighted by Crippen LogP contribution is 2.30. The lowest BCUT2D eigenvalue weighted by molar-refractivity contribution is -0.120. The number of hydrogen-bond donors (Lipinski definition) is 1. The zero-order valence-electron chi connectivity index (χ0n) is 14.1. The Morgan fingerprint density at radius 1 is 0.960 bits per heavy atom. The number of benzene rings is 3. The van der Waals surface area contributed by atoms with Crippen molar-refractivity contribution in [2.75, 3.05) is 0 Å². The molecule has 1 heterocycles. The summed E-state index contributed by atoms with van der Waals surface area (Å²) in [6.45, 7) is 2.60. The van der Waals surface area contributed by atoms with E-state index in [4.69, 9.17) is 4.42 Å². The van der Waals surface area contributed by atoms with Gasteiger partial charge in [0, 0.05) is 17.5 Å². The van der Waals surface area contributed by atoms with E-state index in [-0.39, 0.29) is 5.91 Å². The summed E-state index contributed by atoms with van der Waals surface area (Å²) in [5.41, 5.74) is 4.07. The van der Waals surface area contributed by atoms with Crippen LogP contribution in [0.4, 0.5) is 0 Å². The maximum Gasteiger partial charge on any atom is 0.224 e. The molecule has 0 unspecified atom stereocenters. The molecule has 1 aromatic heterocycles. The van der Waals surface area contributed by atoms with Crippen molar-refractivity contribution >= 4 is 27.6 Å². The van der Waals surface area contributed by atoms with Gasteiger partial charge in [-0.1, -0.05) is 54.6 Å². The van der Waals surface area contributed by atoms with Crippen LogP contribution in [0.15, 0.2) is 71.3 Å². The molecule has 4 rings (SSSR count). The first-order valence-electron chi connectivity index (χ1n) is 8.41. The highest BCUT2D eigenvalue weighted by atomic mass is 16.3. The first-order chi connectivity index (χ1) is 12.2. The van der Waals surface area contributed by atoms with Crippen LogP contribution >= 0.6 is 0 Å². The van der Waals surface area contributed by atoms with Crippen molar-refractivity contribution < 1.29 is 9.21 Å². The fraction of sp³-hybridized carbons (Fsp3) is 0.136. The summed E-state index contributed by atoms with van der Waals surface area (Å²) in [6.07, 6.45) is 2.01. The van der Waals surface area contributed by atoms with Crippen molar-refractivity contribution in [3.63, 3.8) is 0 Å². The van der Waals surface area contributed by atoms with E-state index < -0.39 is 0 Å². The summed E-state index contributed by atoms with van der Waals surface area (Å²) < 4.78 is 5.66. The molecule has 25 heavy (non-hydrogen) atoms. The summed E-state index contributed by atoms with van der Waals surface area (Å²) in [4.78, 5) is 12.4. The van der Waals surface area contributed by atoms with E-state index in [0.717, 1.165) is 32.9 Å². The van der Waals surface area contributed by atoms with Gasteiger partial charge < -0.3 is 9.73 Å². The van der Waals surface area contributed by atoms with Crippen molar-refractivity contribution in [2.45, 2.75) is 19.9 Å². The van der Waals surface area contributed by atoms with Gasteiger partial charge in [0.15, 0.2) is 0 Å². The summed E-state index contributed by atoms with van der Waals surface area (Å²) in [7, 11) is 0. The van der Waals surface area contributed by atoms with Crippen LogP contribution in [0.3, 0.4) is 0 Å². The maximum absolute atomic E-state index is 12.4. The van der Waals surface area contributed by atoms with Gasteiger partial charge in [0.1, 0.15) is 5.58 Å². The van der Waals surface area contributed by atoms with Gasteiger partial charge in [-0.2, -0.15) is 0 Å². The topological polar surface area (TPSA) is 42.2 Å². The first kappa shape index (κ1) is 15.5. The number of hydrogen-bond acceptors (Lipinski definition) is 2. The quantitative estimate of drug-likeness (QED) is 0.587. The minimum atomic E-state index is -0.00103. The van der Waals surface area contributed by atoms with Crippen LogP contribution in [0.2, 0.25) is 0 Å². The largest absolute Gasteiger partial charge is 0.464 e. The number of nitrogens with one attached hydrogen (secondary N) is 1. The average molecular weight is 329 g/mol. The molecule has 0 radical (unpaired) electrons. The monoisotopic (exact) mass is 329 g/mol. The zero-order chi connectivity index (χ0) is 17.2. The second-order valence-corrected chi connectivity index (χ2v) is 6.30. The van der Waals surface area contributed by atoms with Gasteiger partial charge in [0.05, 0.1) is 12.7 Å². The Balaban J connectivity index is 1.57. The fourth-order valence-electron chi connectivity index (χ4n) is 3.24. The Hall–Kier alpha value is -3.07. The average Bonchev–Trinajstić information content (AvgIpc) is 3.04. The van der Waals surface area contributed by atoms with Crippen LogP contribution in [0.5, 0.6) is 0 Å². The van der Waals surface area contributed by atoms with Gasteiger partial charge in [-0.3, -0.25) is 4.79 Å². The van der Waals surface area contributed by atoms with Gasteiger partial charge in [-0.15, -0.1) is 0 Å². The Labute approximate surface area is 146 Å². The molecule has 0 aliphatic heterocycles. The van der Waals surface area contributed by atoms with E-state index in [9.17, 15) is 4.79 Å². The molecule has 0 aliphatic rings. The molecule has 0 spiro atoms. The molecule has 0 atom stereocenters. The normalized spacial score (nSPS) is 11.1. The third-order valence-corrected chi connectivity index (χ3v) is 4.63. The van der Waals surface area contributed by atoms with Crippen molar-refractivity contribution in [1.82, 2.24) is 5.32 Å². The van der Waals surface area contributed by atoms with E-state index in [1.165, 1.54) is 5.56 Å². The van der Waals surface area contributed by atoms with Crippen LogP contribution in [0.25, 0.3) is 21.7 Å². The standard InChI is InChI=1S/C22H19NO2/c1-15-6-2-3-8-17(15)13-23-21(24)12-18-14-25-20-11-10-16-7-4-5-9-19(16)22(18)20/h2-11,14H,12-13H2,1H3,(H,23,24). The third-order valence-electron chi connectivity index (χ3n) is 4.63. The van der Waals surface area contributed by atoms with E-state index in [1.807, 2.05) is 42.5 Å². The second kappa shape index (κ2) is 6.44. The van der Waals surface area contributed by atoms with Gasteiger partial charge in [0.2, 0.25) is 5.91 Å². The molecule has 3 heteroatoms. The summed E-state index contributed by atoms with van der Waals surface area (Å²) >= 11 is 0. The van der Waals surface area contributed by atoms with Crippen LogP contribution in [-0.2, 0) is 17.8 Å². The van der Waals surface area contributed by atoms with Crippen LogP contribution in [0, 0.1) is 6.92 Å². The number of carbonyl (C=O) groups is 1. The number of carbonyl (C=O) groups excluding carboxylic acids is 1. The molecule has 1 N–H and O–H groups in total. The zero-order valence-corrected chi connectivity index (χ0v) is 14.1. The fourth-order valence-corrected chi connectivity index (χ4v) is 3.24. The van der Waals surface area contributed by atoms with Crippen molar-refractivity contribution in [2.24, 2.45) is 0 Å². The van der Waals surface area contributed by atoms with Gasteiger partial charge in [0.25, 0.3) is 0 Å². The summed E-state index contributed by atoms with van der Waals surface area (Å²) in [6, 6.07) is 20.3. The SMILES string of the molecule is Cc1ccccc1CNC(=O)Cc1coc2ccc3ccccc3c12. The lowest BCUT2D eigenvalue weighted by Crippen LogP contribution is -2.24. The lowest BCUT2D eigenvalue weighted by Gasteiger charge is -2.08. The van der Waals surface area contributed by atoms with Gasteiger partial charge in [-0.05, 0) is 34.9 Å². The Morgan fingerprint density at radius 3 is 2.64 bits per heavy atom. The van der Waals surface area contributed by atoms with Gasteiger partial charge in [-0.25, -0.2) is 0 Å². The third kappa shape index (κ3) is 3.01. The molecule has 0 saturated carbocycles. The predicted octanol–water partition coefficient (Wildman–Crippen LogP) is 4.75. The number of aryl methyl sites for hydroxylation is 1. The first-order valence-corrected chi connectivity index (χ1v) is 8.41. The van der Waals surface area contributed by atoms with Crippen molar-refractivity contribution in [3.8, 4) is 0 Å². The number of furan rings is 1. The molecule has 0 fully saturated rings. The second-order valence-electron chi connectivity index (χ2n) is 6.30. The molecule has 1 amide bonds. The van der Waals surface area contributed by atoms with Crippen LogP contribution in [0.1, 0.15) is 16.7 Å². The van der Waals surface area contributed by atoms with Crippen molar-refractivity contribution in [1.29, 1.82) is 0 Å². The minimum absolute atomic E-state index is 0.00103. The lowest BCUT2D eigenvalue weighted by atomic mass is 10.0. The number of fused-ring (bicyclic) bond motifs is 3. The summed E-state index contributed by atoms with van der Waals surface area (Å²) in [5, 5.41) is 6.31. The van der Waals surface area contributed by atoms with Crippen LogP contribution in [-0.4, -0.2) is 5.91 Å². The molecule has 0 bridgehead atoms. The van der Waals surface area contributed by atoms with Gasteiger partial charge >= 0.3 is 0 Å². The number of rotatable bonds is 4. The highest BCUT2D eigenvalue weighted by molar-refractivity contribution is 6.08. The smallest absolute Gasteiger partial charge is 0.224 e. The van der Waals surface area contributed by atoms with Crippen molar-refractivity contribution in [3.05, 3.63) is 83.6 Å². The predicted molar refractivity (Wildman–Crippen MR) is 100 cm³/mol. The molecule has 3 nitrogen and oxygen atoms in total. The minimum Gasteiger partial charge on any atom is -0.464 e. The Bertz CT molecular complexity index is 1060. The van der Waals surface area contributed by atoms with E-state index in [2.05, 4.69) is 30.4 Å².